The number of aldehydes is 1. The number of hydrogen-bond acceptors (Lipinski definition) is 4. The number of ketones is 1. The molecule has 0 spiro atoms. The van der Waals surface area contributed by atoms with E-state index in [2.05, 4.69) is 5.32 Å². The van der Waals surface area contributed by atoms with E-state index in [1.54, 1.807) is 0 Å². The molecular weight excluding hydrogens is 156 g/mol. The van der Waals surface area contributed by atoms with Crippen molar-refractivity contribution in [1.29, 1.82) is 0 Å². The van der Waals surface area contributed by atoms with Crippen molar-refractivity contribution < 1.29 is 9.59 Å². The van der Waals surface area contributed by atoms with Crippen LogP contribution < -0.4 is 5.32 Å². The second kappa shape index (κ2) is 4.33. The smallest absolute Gasteiger partial charge is 0.154 e. The average molecular weight is 170 g/mol. The molecule has 0 radical (unpaired) electrons. The Kier molecular flexibility index (Phi) is 3.37. The number of hydrogen-bond donors (Lipinski definition) is 1. The van der Waals surface area contributed by atoms with Gasteiger partial charge in [0.05, 0.1) is 0 Å². The van der Waals surface area contributed by atoms with E-state index in [4.69, 9.17) is 0 Å². The summed E-state index contributed by atoms with van der Waals surface area (Å²) in [4.78, 5) is 23.5. The molecular formula is C8H14N2O2. The van der Waals surface area contributed by atoms with Gasteiger partial charge in [0.2, 0.25) is 0 Å². The van der Waals surface area contributed by atoms with E-state index in [0.29, 0.717) is 0 Å². The van der Waals surface area contributed by atoms with E-state index >= 15 is 0 Å². The Hall–Kier alpha value is -0.740. The summed E-state index contributed by atoms with van der Waals surface area (Å²) in [5.74, 6) is -0.0631. The molecule has 0 amide bonds. The third-order valence-corrected chi connectivity index (χ3v) is 2.09. The van der Waals surface area contributed by atoms with Crippen LogP contribution in [-0.4, -0.2) is 49.2 Å². The number of Topliss-reactive ketones (excluding diaryl/α,β-unsaturated/α-hetero) is 1. The van der Waals surface area contributed by atoms with Crippen molar-refractivity contribution in [2.75, 3.05) is 26.2 Å². The highest BCUT2D eigenvalue weighted by Gasteiger charge is 2.22. The highest BCUT2D eigenvalue weighted by molar-refractivity contribution is 5.95. The Morgan fingerprint density at radius 2 is 2.08 bits per heavy atom. The van der Waals surface area contributed by atoms with Crippen LogP contribution in [0.1, 0.15) is 6.92 Å². The standard InChI is InChI=1S/C8H14N2O2/c1-7(12)8(6-11)10-4-2-9-3-5-10/h6,8-9H,2-5H2,1H3. The number of nitrogens with one attached hydrogen (secondary N) is 1. The summed E-state index contributed by atoms with van der Waals surface area (Å²) in [6.07, 6.45) is 0.730. The molecule has 1 aliphatic heterocycles. The lowest BCUT2D eigenvalue weighted by atomic mass is 10.2. The van der Waals surface area contributed by atoms with Crippen molar-refractivity contribution in [3.8, 4) is 0 Å². The molecule has 1 fully saturated rings. The van der Waals surface area contributed by atoms with Gasteiger partial charge >= 0.3 is 0 Å². The van der Waals surface area contributed by atoms with E-state index in [1.165, 1.54) is 6.92 Å². The van der Waals surface area contributed by atoms with Gasteiger partial charge < -0.3 is 10.1 Å². The van der Waals surface area contributed by atoms with Crippen LogP contribution in [-0.2, 0) is 9.59 Å². The molecule has 1 unspecified atom stereocenters. The van der Waals surface area contributed by atoms with E-state index in [0.717, 1.165) is 32.5 Å². The summed E-state index contributed by atoms with van der Waals surface area (Å²) in [6.45, 7) is 4.74. The minimum atomic E-state index is -0.521. The summed E-state index contributed by atoms with van der Waals surface area (Å²) in [5.41, 5.74) is 0. The predicted molar refractivity (Wildman–Crippen MR) is 45.0 cm³/mol. The van der Waals surface area contributed by atoms with Gasteiger partial charge in [-0.05, 0) is 6.92 Å². The summed E-state index contributed by atoms with van der Waals surface area (Å²) in [7, 11) is 0. The van der Waals surface area contributed by atoms with Crippen LogP contribution in [0.25, 0.3) is 0 Å². The third-order valence-electron chi connectivity index (χ3n) is 2.09. The Labute approximate surface area is 71.9 Å². The molecule has 0 aromatic carbocycles. The number of carbonyl (C=O) groups excluding carboxylic acids is 2. The van der Waals surface area contributed by atoms with E-state index < -0.39 is 6.04 Å². The van der Waals surface area contributed by atoms with Crippen LogP contribution in [0.15, 0.2) is 0 Å². The van der Waals surface area contributed by atoms with Gasteiger partial charge in [0.1, 0.15) is 12.3 Å². The molecule has 12 heavy (non-hydrogen) atoms. The fourth-order valence-corrected chi connectivity index (χ4v) is 1.40. The molecule has 1 aliphatic rings. The predicted octanol–water partition coefficient (Wildman–Crippen LogP) is -0.952. The molecule has 1 atom stereocenters. The lowest BCUT2D eigenvalue weighted by molar-refractivity contribution is -0.127. The molecule has 0 aliphatic carbocycles. The number of rotatable bonds is 3. The second-order valence-electron chi connectivity index (χ2n) is 2.98. The Balaban J connectivity index is 2.51. The zero-order valence-electron chi connectivity index (χ0n) is 7.25. The van der Waals surface area contributed by atoms with Gasteiger partial charge in [-0.15, -0.1) is 0 Å². The first-order chi connectivity index (χ1) is 5.75. The first-order valence-corrected chi connectivity index (χ1v) is 4.16. The van der Waals surface area contributed by atoms with Crippen LogP contribution in [0.5, 0.6) is 0 Å². The van der Waals surface area contributed by atoms with Crippen molar-refractivity contribution in [1.82, 2.24) is 10.2 Å². The molecule has 0 saturated carbocycles. The largest absolute Gasteiger partial charge is 0.314 e. The van der Waals surface area contributed by atoms with Crippen molar-refractivity contribution in [2.24, 2.45) is 0 Å². The van der Waals surface area contributed by atoms with Crippen molar-refractivity contribution >= 4 is 12.1 Å². The average Bonchev–Trinajstić information content (AvgIpc) is 2.07. The lowest BCUT2D eigenvalue weighted by Crippen LogP contribution is -2.51. The molecule has 1 saturated heterocycles. The number of piperazine rings is 1. The maximum Gasteiger partial charge on any atom is 0.154 e. The van der Waals surface area contributed by atoms with Gasteiger partial charge in [-0.2, -0.15) is 0 Å². The molecule has 0 bridgehead atoms. The highest BCUT2D eigenvalue weighted by Crippen LogP contribution is 1.99. The fraction of sp³-hybridized carbons (Fsp3) is 0.750. The molecule has 4 heteroatoms. The maximum atomic E-state index is 11.0. The van der Waals surface area contributed by atoms with Crippen LogP contribution in [0.2, 0.25) is 0 Å². The first kappa shape index (κ1) is 9.35. The Bertz CT molecular complexity index is 176. The third kappa shape index (κ3) is 2.12. The Morgan fingerprint density at radius 3 is 2.50 bits per heavy atom. The molecule has 1 heterocycles. The van der Waals surface area contributed by atoms with Gasteiger partial charge in [-0.1, -0.05) is 0 Å². The molecule has 4 nitrogen and oxygen atoms in total. The van der Waals surface area contributed by atoms with Crippen molar-refractivity contribution in [3.05, 3.63) is 0 Å². The van der Waals surface area contributed by atoms with E-state index in [-0.39, 0.29) is 5.78 Å². The second-order valence-corrected chi connectivity index (χ2v) is 2.98. The van der Waals surface area contributed by atoms with Gasteiger partial charge in [0.15, 0.2) is 5.78 Å². The monoisotopic (exact) mass is 170 g/mol. The van der Waals surface area contributed by atoms with Gasteiger partial charge in [-0.25, -0.2) is 0 Å². The molecule has 1 N–H and O–H groups in total. The summed E-state index contributed by atoms with van der Waals surface area (Å²) < 4.78 is 0. The fourth-order valence-electron chi connectivity index (χ4n) is 1.40. The van der Waals surface area contributed by atoms with Crippen LogP contribution in [0.3, 0.4) is 0 Å². The quantitative estimate of drug-likeness (QED) is 0.438. The maximum absolute atomic E-state index is 11.0. The van der Waals surface area contributed by atoms with Crippen molar-refractivity contribution in [2.45, 2.75) is 13.0 Å². The van der Waals surface area contributed by atoms with Gasteiger partial charge in [0.25, 0.3) is 0 Å². The number of carbonyl (C=O) groups is 2. The van der Waals surface area contributed by atoms with Gasteiger partial charge in [0, 0.05) is 26.2 Å². The molecule has 1 rings (SSSR count). The summed E-state index contributed by atoms with van der Waals surface area (Å²) in [5, 5.41) is 3.16. The molecule has 0 aromatic rings. The highest BCUT2D eigenvalue weighted by atomic mass is 16.1. The first-order valence-electron chi connectivity index (χ1n) is 4.16. The molecule has 0 aromatic heterocycles. The Morgan fingerprint density at radius 1 is 1.50 bits per heavy atom. The van der Waals surface area contributed by atoms with E-state index in [1.807, 2.05) is 4.90 Å². The summed E-state index contributed by atoms with van der Waals surface area (Å²) in [6, 6.07) is -0.521. The topological polar surface area (TPSA) is 49.4 Å². The van der Waals surface area contributed by atoms with Crippen LogP contribution in [0.4, 0.5) is 0 Å². The zero-order chi connectivity index (χ0) is 8.97. The van der Waals surface area contributed by atoms with Crippen LogP contribution in [0, 0.1) is 0 Å². The minimum Gasteiger partial charge on any atom is -0.314 e. The lowest BCUT2D eigenvalue weighted by Gasteiger charge is -2.30. The van der Waals surface area contributed by atoms with E-state index in [9.17, 15) is 9.59 Å². The zero-order valence-corrected chi connectivity index (χ0v) is 7.25. The van der Waals surface area contributed by atoms with Crippen LogP contribution >= 0.6 is 0 Å². The van der Waals surface area contributed by atoms with Crippen molar-refractivity contribution in [3.63, 3.8) is 0 Å². The summed E-state index contributed by atoms with van der Waals surface area (Å²) >= 11 is 0. The SMILES string of the molecule is CC(=O)C(C=O)N1CCNCC1. The van der Waals surface area contributed by atoms with Gasteiger partial charge in [-0.3, -0.25) is 9.69 Å². The normalized spacial score (nSPS) is 21.8. The minimum absolute atomic E-state index is 0.0631. The number of nitrogens with zero attached hydrogens (tertiary/aromatic N) is 1. The molecule has 68 valence electrons.